The van der Waals surface area contributed by atoms with E-state index in [2.05, 4.69) is 25.3 Å². The molecule has 0 fully saturated rings. The van der Waals surface area contributed by atoms with E-state index in [1.807, 2.05) is 0 Å². The van der Waals surface area contributed by atoms with Gasteiger partial charge in [-0.15, -0.1) is 0 Å². The number of alkyl carbamates (subject to hydrolysis) is 1. The van der Waals surface area contributed by atoms with E-state index in [0.29, 0.717) is 29.2 Å². The van der Waals surface area contributed by atoms with Gasteiger partial charge in [0.15, 0.2) is 0 Å². The molecule has 0 aliphatic carbocycles. The standard InChI is InChI=1S/C19H18ClFN4O3/c1-10(11-3-4-15(20)16(21)6-11)24-17(26)7-13-5-12-8-23-18(14(12)9-22-13)25-19(27)28-2/h3-6,9-10H,7-8H2,1-2H3,(H,24,26)(H,23,25,27)/t10-/m1/s1. The smallest absolute Gasteiger partial charge is 0.412 e. The Morgan fingerprint density at radius 3 is 2.86 bits per heavy atom. The lowest BCUT2D eigenvalue weighted by molar-refractivity contribution is -0.121. The molecule has 28 heavy (non-hydrogen) atoms. The van der Waals surface area contributed by atoms with Crippen LogP contribution in [0.1, 0.15) is 35.3 Å². The van der Waals surface area contributed by atoms with Crippen LogP contribution in [0, 0.1) is 5.82 Å². The van der Waals surface area contributed by atoms with Gasteiger partial charge in [-0.3, -0.25) is 20.1 Å². The van der Waals surface area contributed by atoms with Crippen LogP contribution in [0.25, 0.3) is 0 Å². The molecule has 9 heteroatoms. The number of methoxy groups -OCH3 is 1. The summed E-state index contributed by atoms with van der Waals surface area (Å²) >= 11 is 5.68. The highest BCUT2D eigenvalue weighted by molar-refractivity contribution is 6.30. The Balaban J connectivity index is 1.62. The predicted octanol–water partition coefficient (Wildman–Crippen LogP) is 2.91. The number of carbonyl (C=O) groups excluding carboxylic acids is 2. The summed E-state index contributed by atoms with van der Waals surface area (Å²) in [4.78, 5) is 32.2. The van der Waals surface area contributed by atoms with Gasteiger partial charge in [0.2, 0.25) is 5.91 Å². The van der Waals surface area contributed by atoms with Gasteiger partial charge in [-0.05, 0) is 36.2 Å². The van der Waals surface area contributed by atoms with E-state index in [9.17, 15) is 14.0 Å². The topological polar surface area (TPSA) is 92.7 Å². The number of fused-ring (bicyclic) bond motifs is 1. The van der Waals surface area contributed by atoms with Gasteiger partial charge in [-0.25, -0.2) is 9.18 Å². The molecular weight excluding hydrogens is 387 g/mol. The van der Waals surface area contributed by atoms with Crippen LogP contribution in [0.5, 0.6) is 0 Å². The number of nitrogens with zero attached hydrogens (tertiary/aromatic N) is 2. The molecular formula is C19H18ClFN4O3. The summed E-state index contributed by atoms with van der Waals surface area (Å²) in [7, 11) is 1.27. The van der Waals surface area contributed by atoms with Crippen LogP contribution in [-0.4, -0.2) is 29.9 Å². The summed E-state index contributed by atoms with van der Waals surface area (Å²) in [6.07, 6.45) is 1.02. The Bertz CT molecular complexity index is 964. The zero-order valence-electron chi connectivity index (χ0n) is 15.3. The number of rotatable bonds is 4. The third-order valence-corrected chi connectivity index (χ3v) is 4.58. The number of aromatic nitrogens is 1. The third kappa shape index (κ3) is 4.45. The molecule has 0 spiro atoms. The molecule has 2 amide bonds. The number of halogens is 2. The molecule has 3 rings (SSSR count). The maximum atomic E-state index is 13.6. The number of hydrogen-bond donors (Lipinski definition) is 2. The van der Waals surface area contributed by atoms with Crippen molar-refractivity contribution in [2.75, 3.05) is 7.11 Å². The van der Waals surface area contributed by atoms with Crippen LogP contribution in [-0.2, 0) is 22.5 Å². The SMILES string of the molecule is COC(=O)NC1=NCc2cc(CC(=O)N[C@H](C)c3ccc(Cl)c(F)c3)ncc21. The largest absolute Gasteiger partial charge is 0.453 e. The molecule has 2 N–H and O–H groups in total. The molecule has 0 unspecified atom stereocenters. The van der Waals surface area contributed by atoms with Gasteiger partial charge in [0.1, 0.15) is 11.7 Å². The van der Waals surface area contributed by atoms with Crippen molar-refractivity contribution in [1.29, 1.82) is 0 Å². The number of carbonyl (C=O) groups is 2. The fourth-order valence-electron chi connectivity index (χ4n) is 2.81. The molecule has 2 aromatic rings. The van der Waals surface area contributed by atoms with Crippen LogP contribution < -0.4 is 10.6 Å². The van der Waals surface area contributed by atoms with E-state index >= 15 is 0 Å². The summed E-state index contributed by atoms with van der Waals surface area (Å²) in [5.74, 6) is -0.386. The minimum absolute atomic E-state index is 0.0351. The van der Waals surface area contributed by atoms with Crippen molar-refractivity contribution in [3.05, 3.63) is 63.7 Å². The minimum Gasteiger partial charge on any atom is -0.453 e. The molecule has 1 aliphatic rings. The molecule has 1 atom stereocenters. The summed E-state index contributed by atoms with van der Waals surface area (Å²) < 4.78 is 18.1. The first-order valence-corrected chi connectivity index (χ1v) is 8.87. The number of benzene rings is 1. The number of pyridine rings is 1. The molecule has 7 nitrogen and oxygen atoms in total. The van der Waals surface area contributed by atoms with E-state index < -0.39 is 11.9 Å². The van der Waals surface area contributed by atoms with E-state index in [1.165, 1.54) is 19.2 Å². The van der Waals surface area contributed by atoms with Gasteiger partial charge >= 0.3 is 6.09 Å². The zero-order chi connectivity index (χ0) is 20.3. The molecule has 1 aliphatic heterocycles. The highest BCUT2D eigenvalue weighted by atomic mass is 35.5. The zero-order valence-corrected chi connectivity index (χ0v) is 16.0. The van der Waals surface area contributed by atoms with Gasteiger partial charge in [0.25, 0.3) is 0 Å². The highest BCUT2D eigenvalue weighted by Gasteiger charge is 2.20. The van der Waals surface area contributed by atoms with Crippen molar-refractivity contribution in [2.24, 2.45) is 4.99 Å². The number of hydrogen-bond acceptors (Lipinski definition) is 5. The molecule has 146 valence electrons. The lowest BCUT2D eigenvalue weighted by Crippen LogP contribution is -2.30. The average molecular weight is 405 g/mol. The van der Waals surface area contributed by atoms with Gasteiger partial charge in [-0.1, -0.05) is 17.7 Å². The number of amidine groups is 1. The summed E-state index contributed by atoms with van der Waals surface area (Å²) in [6, 6.07) is 5.81. The second-order valence-corrected chi connectivity index (χ2v) is 6.66. The van der Waals surface area contributed by atoms with E-state index in [-0.39, 0.29) is 23.4 Å². The Kier molecular flexibility index (Phi) is 5.89. The lowest BCUT2D eigenvalue weighted by atomic mass is 10.1. The summed E-state index contributed by atoms with van der Waals surface area (Å²) in [5, 5.41) is 5.37. The first-order chi connectivity index (χ1) is 13.4. The molecule has 1 aromatic heterocycles. The van der Waals surface area contributed by atoms with E-state index in [1.54, 1.807) is 25.3 Å². The van der Waals surface area contributed by atoms with Crippen molar-refractivity contribution in [2.45, 2.75) is 25.9 Å². The van der Waals surface area contributed by atoms with Crippen LogP contribution in [0.2, 0.25) is 5.02 Å². The number of amides is 2. The van der Waals surface area contributed by atoms with Crippen LogP contribution in [0.4, 0.5) is 9.18 Å². The maximum Gasteiger partial charge on any atom is 0.412 e. The van der Waals surface area contributed by atoms with Crippen LogP contribution in [0.3, 0.4) is 0 Å². The maximum absolute atomic E-state index is 13.6. The molecule has 2 heterocycles. The number of ether oxygens (including phenoxy) is 1. The highest BCUT2D eigenvalue weighted by Crippen LogP contribution is 2.21. The van der Waals surface area contributed by atoms with Crippen LogP contribution in [0.15, 0.2) is 35.5 Å². The molecule has 0 radical (unpaired) electrons. The van der Waals surface area contributed by atoms with Crippen molar-refractivity contribution >= 4 is 29.4 Å². The van der Waals surface area contributed by atoms with Gasteiger partial charge in [-0.2, -0.15) is 0 Å². The molecule has 0 bridgehead atoms. The van der Waals surface area contributed by atoms with Crippen LogP contribution >= 0.6 is 11.6 Å². The quantitative estimate of drug-likeness (QED) is 0.819. The van der Waals surface area contributed by atoms with E-state index in [4.69, 9.17) is 11.6 Å². The molecule has 0 saturated heterocycles. The van der Waals surface area contributed by atoms with Crippen molar-refractivity contribution < 1.29 is 18.7 Å². The number of aliphatic imine (C=N–C) groups is 1. The predicted molar refractivity (Wildman–Crippen MR) is 102 cm³/mol. The van der Waals surface area contributed by atoms with Crippen molar-refractivity contribution in [3.8, 4) is 0 Å². The fourth-order valence-corrected chi connectivity index (χ4v) is 2.93. The second kappa shape index (κ2) is 8.35. The minimum atomic E-state index is -0.609. The average Bonchev–Trinajstić information content (AvgIpc) is 3.05. The Morgan fingerprint density at radius 2 is 2.14 bits per heavy atom. The number of nitrogens with one attached hydrogen (secondary N) is 2. The first-order valence-electron chi connectivity index (χ1n) is 8.49. The first kappa shape index (κ1) is 19.8. The Morgan fingerprint density at radius 1 is 1.36 bits per heavy atom. The summed E-state index contributed by atoms with van der Waals surface area (Å²) in [5.41, 5.74) is 2.74. The van der Waals surface area contributed by atoms with Crippen molar-refractivity contribution in [1.82, 2.24) is 15.6 Å². The Labute approximate surface area is 166 Å². The Hall–Kier alpha value is -3.00. The van der Waals surface area contributed by atoms with E-state index in [0.717, 1.165) is 5.56 Å². The second-order valence-electron chi connectivity index (χ2n) is 6.25. The van der Waals surface area contributed by atoms with Gasteiger partial charge in [0.05, 0.1) is 36.8 Å². The van der Waals surface area contributed by atoms with Gasteiger partial charge < -0.3 is 10.1 Å². The monoisotopic (exact) mass is 404 g/mol. The fraction of sp³-hybridized carbons (Fsp3) is 0.263. The normalized spacial score (nSPS) is 13.4. The lowest BCUT2D eigenvalue weighted by Gasteiger charge is -2.15. The van der Waals surface area contributed by atoms with Crippen molar-refractivity contribution in [3.63, 3.8) is 0 Å². The molecule has 1 aromatic carbocycles. The van der Waals surface area contributed by atoms with Gasteiger partial charge in [0, 0.05) is 11.8 Å². The molecule has 0 saturated carbocycles. The third-order valence-electron chi connectivity index (χ3n) is 4.28. The summed E-state index contributed by atoms with van der Waals surface area (Å²) in [6.45, 7) is 2.14.